The summed E-state index contributed by atoms with van der Waals surface area (Å²) in [5.41, 5.74) is 7.96. The summed E-state index contributed by atoms with van der Waals surface area (Å²) in [5, 5.41) is 24.1. The third-order valence-electron chi connectivity index (χ3n) is 18.6. The highest BCUT2D eigenvalue weighted by Gasteiger charge is 2.32. The van der Waals surface area contributed by atoms with E-state index in [2.05, 4.69) is 27.8 Å². The summed E-state index contributed by atoms with van der Waals surface area (Å²) in [6, 6.07) is 46.7. The van der Waals surface area contributed by atoms with Crippen molar-refractivity contribution in [1.29, 1.82) is 0 Å². The molecule has 109 heavy (non-hydrogen) atoms. The zero-order valence-electron chi connectivity index (χ0n) is 60.6. The van der Waals surface area contributed by atoms with Gasteiger partial charge in [-0.1, -0.05) is 137 Å². The van der Waals surface area contributed by atoms with Crippen molar-refractivity contribution in [1.82, 2.24) is 33.9 Å². The van der Waals surface area contributed by atoms with Crippen LogP contribution in [-0.4, -0.2) is 132 Å². The van der Waals surface area contributed by atoms with Crippen molar-refractivity contribution < 1.29 is 56.7 Å². The van der Waals surface area contributed by atoms with E-state index < -0.39 is 18.4 Å². The number of carbonyl (C=O) groups is 4. The van der Waals surface area contributed by atoms with Gasteiger partial charge < -0.3 is 57.7 Å². The molecule has 13 aromatic rings. The van der Waals surface area contributed by atoms with E-state index in [9.17, 15) is 33.1 Å². The summed E-state index contributed by atoms with van der Waals surface area (Å²) in [6.07, 6.45) is 9.84. The molecule has 1 aliphatic rings. The monoisotopic (exact) mass is 1610 g/mol. The fraction of sp³-hybridized carbons (Fsp3) is 0.289. The third kappa shape index (κ3) is 19.8. The highest BCUT2D eigenvalue weighted by atomic mass is 35.5. The van der Waals surface area contributed by atoms with Gasteiger partial charge in [-0.05, 0) is 102 Å². The molecule has 2 amide bonds. The van der Waals surface area contributed by atoms with Crippen LogP contribution < -0.4 is 15.4 Å². The first-order valence-electron chi connectivity index (χ1n) is 35.3. The summed E-state index contributed by atoms with van der Waals surface area (Å²) in [7, 11) is 6.58. The average Bonchev–Trinajstić information content (AvgIpc) is 1.66. The number of amides is 2. The minimum absolute atomic E-state index is 0.0766. The van der Waals surface area contributed by atoms with E-state index >= 15 is 0 Å². The molecule has 0 spiro atoms. The van der Waals surface area contributed by atoms with Crippen LogP contribution in [-0.2, 0) is 70.3 Å². The van der Waals surface area contributed by atoms with Crippen LogP contribution in [0.2, 0.25) is 25.1 Å². The minimum Gasteiger partial charge on any atom is -0.491 e. The molecule has 0 saturated carbocycles. The Balaban J connectivity index is 0.000000145. The third-order valence-corrected chi connectivity index (χ3v) is 22.3. The average molecular weight is 1620 g/mol. The SMILES string of the molecule is COCCn1cc(C(=O)CC(CO)c2cccc(C(C)(F)F)c2Cl)c2c(Cl)cccc21.COCCn1cc(C(=O)CCc2nc3ccccc3s2)c2c(Cl)cccc21.COCCn1cc(C(=O)NC2COc3ccccc3C2)c2c(Cl)cccc21.COCCn1cc(C(=O)NCCc2cccs2)c2c(Cl)cccc21. The van der Waals surface area contributed by atoms with Gasteiger partial charge in [-0.25, -0.2) is 13.8 Å². The second-order valence-corrected chi connectivity index (χ2v) is 30.1. The Bertz CT molecular complexity index is 5290. The van der Waals surface area contributed by atoms with E-state index in [1.165, 1.54) is 17.0 Å². The van der Waals surface area contributed by atoms with Gasteiger partial charge in [0.2, 0.25) is 0 Å². The van der Waals surface area contributed by atoms with Crippen molar-refractivity contribution in [2.45, 2.75) is 83.1 Å². The van der Waals surface area contributed by atoms with Crippen LogP contribution >= 0.6 is 80.7 Å². The van der Waals surface area contributed by atoms with Crippen LogP contribution in [0.4, 0.5) is 8.78 Å². The first kappa shape index (κ1) is 81.5. The number of thiophene rings is 1. The van der Waals surface area contributed by atoms with Crippen LogP contribution in [0, 0.1) is 0 Å². The maximum atomic E-state index is 13.9. The number of carbonyl (C=O) groups excluding carboxylic acids is 4. The van der Waals surface area contributed by atoms with Crippen LogP contribution in [0.25, 0.3) is 53.8 Å². The molecule has 0 aliphatic carbocycles. The number of alkyl halides is 2. The van der Waals surface area contributed by atoms with E-state index in [0.717, 1.165) is 84.5 Å². The van der Waals surface area contributed by atoms with E-state index in [0.29, 0.717) is 132 Å². The van der Waals surface area contributed by atoms with Gasteiger partial charge in [0, 0.05) is 161 Å². The van der Waals surface area contributed by atoms with Crippen molar-refractivity contribution in [2.24, 2.45) is 0 Å². The Morgan fingerprint density at radius 2 is 1.07 bits per heavy atom. The van der Waals surface area contributed by atoms with E-state index in [-0.39, 0.29) is 46.4 Å². The molecular weight excluding hydrogens is 1530 g/mol. The highest BCUT2D eigenvalue weighted by molar-refractivity contribution is 7.18. The molecule has 7 heterocycles. The number of aromatic nitrogens is 5. The molecule has 26 heteroatoms. The van der Waals surface area contributed by atoms with E-state index in [4.69, 9.17) is 81.7 Å². The number of aryl methyl sites for hydroxylation is 1. The molecule has 2 atom stereocenters. The lowest BCUT2D eigenvalue weighted by Crippen LogP contribution is -2.42. The summed E-state index contributed by atoms with van der Waals surface area (Å²) in [5.74, 6) is -3.40. The Morgan fingerprint density at radius 3 is 1.58 bits per heavy atom. The number of ketones is 2. The number of hydrogen-bond donors (Lipinski definition) is 3. The van der Waals surface area contributed by atoms with E-state index in [1.54, 1.807) is 81.6 Å². The minimum atomic E-state index is -3.14. The normalized spacial score (nSPS) is 12.9. The number of methoxy groups -OCH3 is 4. The van der Waals surface area contributed by atoms with Gasteiger partial charge in [0.15, 0.2) is 11.6 Å². The molecular formula is C83H82Cl5F2N7O10S2. The summed E-state index contributed by atoms with van der Waals surface area (Å²) < 4.78 is 63.3. The van der Waals surface area contributed by atoms with Crippen LogP contribution in [0.15, 0.2) is 182 Å². The highest BCUT2D eigenvalue weighted by Crippen LogP contribution is 2.40. The van der Waals surface area contributed by atoms with Gasteiger partial charge in [0.25, 0.3) is 17.7 Å². The van der Waals surface area contributed by atoms with Crippen LogP contribution in [0.5, 0.6) is 5.75 Å². The van der Waals surface area contributed by atoms with Gasteiger partial charge in [-0.3, -0.25) is 19.2 Å². The number of halogens is 7. The van der Waals surface area contributed by atoms with Crippen molar-refractivity contribution in [3.8, 4) is 5.75 Å². The number of thiazole rings is 1. The molecule has 7 aromatic carbocycles. The Labute approximate surface area is 663 Å². The fourth-order valence-electron chi connectivity index (χ4n) is 13.2. The topological polar surface area (TPSA) is 191 Å². The number of ether oxygens (including phenoxy) is 5. The number of nitrogens with zero attached hydrogens (tertiary/aromatic N) is 5. The molecule has 3 N–H and O–H groups in total. The molecule has 2 unspecified atom stereocenters. The summed E-state index contributed by atoms with van der Waals surface area (Å²) in [4.78, 5) is 57.7. The molecule has 0 saturated heterocycles. The Kier molecular flexibility index (Phi) is 28.7. The van der Waals surface area contributed by atoms with Crippen LogP contribution in [0.3, 0.4) is 0 Å². The number of Topliss-reactive ketones (excluding diaryl/α,β-unsaturated/α-hetero) is 2. The van der Waals surface area contributed by atoms with Gasteiger partial charge in [-0.2, -0.15) is 0 Å². The molecule has 0 radical (unpaired) electrons. The second kappa shape index (κ2) is 38.4. The largest absolute Gasteiger partial charge is 0.491 e. The first-order valence-corrected chi connectivity index (χ1v) is 38.9. The van der Waals surface area contributed by atoms with Gasteiger partial charge in [-0.15, -0.1) is 22.7 Å². The lowest BCUT2D eigenvalue weighted by Gasteiger charge is -2.26. The second-order valence-electron chi connectivity index (χ2n) is 25.9. The van der Waals surface area contributed by atoms with Crippen molar-refractivity contribution >= 4 is 158 Å². The predicted octanol–water partition coefficient (Wildman–Crippen LogP) is 19.1. The summed E-state index contributed by atoms with van der Waals surface area (Å²) >= 11 is 35.1. The molecule has 14 rings (SSSR count). The number of hydrogen-bond acceptors (Lipinski definition) is 13. The zero-order valence-corrected chi connectivity index (χ0v) is 66.0. The smallest absolute Gasteiger partial charge is 0.271 e. The fourth-order valence-corrected chi connectivity index (χ4v) is 16.4. The van der Waals surface area contributed by atoms with Crippen LogP contribution in [0.1, 0.15) is 93.7 Å². The molecule has 17 nitrogen and oxygen atoms in total. The molecule has 0 bridgehead atoms. The van der Waals surface area contributed by atoms with Crippen molar-refractivity contribution in [3.05, 3.63) is 256 Å². The van der Waals surface area contributed by atoms with E-state index in [1.807, 2.05) is 145 Å². The lowest BCUT2D eigenvalue weighted by molar-refractivity contribution is 0.0174. The van der Waals surface area contributed by atoms with Gasteiger partial charge >= 0.3 is 0 Å². The number of aliphatic hydroxyl groups is 1. The number of aliphatic hydroxyl groups excluding tert-OH is 1. The number of benzene rings is 7. The number of nitrogens with one attached hydrogen (secondary N) is 2. The molecule has 1 aliphatic heterocycles. The predicted molar refractivity (Wildman–Crippen MR) is 435 cm³/mol. The maximum Gasteiger partial charge on any atom is 0.271 e. The van der Waals surface area contributed by atoms with Gasteiger partial charge in [0.1, 0.15) is 12.4 Å². The zero-order chi connectivity index (χ0) is 77.3. The standard InChI is InChI=1S/C23H23Cl2F2NO3.C21H21ClN2O3.C21H19ClN2O2S.C18H19ClN2O2S/c1-23(26,27)17-6-3-5-15(22(17)25)14(13-29)11-20(30)16-12-28(9-10-31-2)19-8-4-7-18(24)21(16)19;1-26-10-9-24-12-16(20-17(22)6-4-7-18(20)24)21(25)23-15-11-14-5-2-3-8-19(14)27-13-15;1-26-12-11-24-13-14(21-15(22)5-4-7-17(21)24)18(25)9-10-20-23-16-6-2-3-8-19(16)27-20;1-23-10-9-21-12-14(17-15(19)5-2-6-16(17)21)18(22)20-8-7-13-4-3-11-24-13/h3-8,12,14,29H,9-11,13H2,1-2H3;2-8,12,15H,9-11,13H2,1H3,(H,23,25);2-8,13H,9-12H2,1H3;2-6,11-12H,7-10H2,1H3,(H,20,22). The Hall–Kier alpha value is -8.52. The number of fused-ring (bicyclic) bond motifs is 6. The number of rotatable bonds is 28. The van der Waals surface area contributed by atoms with Gasteiger partial charge in [0.05, 0.1) is 113 Å². The molecule has 0 fully saturated rings. The molecule has 570 valence electrons. The van der Waals surface area contributed by atoms with Crippen molar-refractivity contribution in [3.63, 3.8) is 0 Å². The maximum absolute atomic E-state index is 13.9. The molecule has 6 aromatic heterocycles. The van der Waals surface area contributed by atoms with Crippen molar-refractivity contribution in [2.75, 3.05) is 74.6 Å². The Morgan fingerprint density at radius 1 is 0.587 bits per heavy atom. The first-order chi connectivity index (χ1) is 52.7. The summed E-state index contributed by atoms with van der Waals surface area (Å²) in [6.45, 7) is 6.12. The quantitative estimate of drug-likeness (QED) is 0.0395. The lowest BCUT2D eigenvalue weighted by atomic mass is 9.90. The number of para-hydroxylation sites is 2.